The molecule has 1 aromatic carbocycles. The lowest BCUT2D eigenvalue weighted by molar-refractivity contribution is 1.21. The van der Waals surface area contributed by atoms with Crippen molar-refractivity contribution in [1.29, 1.82) is 0 Å². The van der Waals surface area contributed by atoms with Crippen LogP contribution in [0.3, 0.4) is 0 Å². The van der Waals surface area contributed by atoms with E-state index in [1.54, 1.807) is 18.2 Å². The minimum atomic E-state index is -0.306. The fraction of sp³-hybridized carbons (Fsp3) is 0.0714. The Hall–Kier alpha value is -2.58. The molecule has 0 spiro atoms. The zero-order valence-corrected chi connectivity index (χ0v) is 11.2. The third kappa shape index (κ3) is 1.87. The smallest absolute Gasteiger partial charge is 0.260 e. The van der Waals surface area contributed by atoms with Crippen LogP contribution in [-0.4, -0.2) is 15.0 Å². The number of pyridine rings is 1. The third-order valence-electron chi connectivity index (χ3n) is 3.04. The highest BCUT2D eigenvalue weighted by Gasteiger charge is 2.14. The Balaban J connectivity index is 2.32. The van der Waals surface area contributed by atoms with Crippen LogP contribution in [0.4, 0.5) is 5.69 Å². The van der Waals surface area contributed by atoms with Crippen LogP contribution in [-0.2, 0) is 0 Å². The number of fused-ring (bicyclic) bond motifs is 1. The second-order valence-electron chi connectivity index (χ2n) is 4.39. The lowest BCUT2D eigenvalue weighted by Gasteiger charge is -1.97. The van der Waals surface area contributed by atoms with E-state index in [2.05, 4.69) is 19.8 Å². The molecule has 0 saturated heterocycles. The van der Waals surface area contributed by atoms with Crippen LogP contribution in [0.15, 0.2) is 29.2 Å². The highest BCUT2D eigenvalue weighted by atomic mass is 35.5. The monoisotopic (exact) mass is 284 g/mol. The minimum absolute atomic E-state index is 0.300. The van der Waals surface area contributed by atoms with Crippen molar-refractivity contribution in [3.05, 3.63) is 56.8 Å². The molecule has 2 heterocycles. The predicted octanol–water partition coefficient (Wildman–Crippen LogP) is 3.43. The van der Waals surface area contributed by atoms with Crippen LogP contribution in [0.2, 0.25) is 5.02 Å². The topological polar surface area (TPSA) is 65.9 Å². The summed E-state index contributed by atoms with van der Waals surface area (Å²) in [6.07, 6.45) is 1.49. The van der Waals surface area contributed by atoms with Gasteiger partial charge in [0.05, 0.1) is 22.6 Å². The van der Waals surface area contributed by atoms with E-state index in [-0.39, 0.29) is 5.56 Å². The normalized spacial score (nSPS) is 10.7. The van der Waals surface area contributed by atoms with Crippen LogP contribution in [0.25, 0.3) is 27.3 Å². The quantitative estimate of drug-likeness (QED) is 0.672. The summed E-state index contributed by atoms with van der Waals surface area (Å²) in [4.78, 5) is 25.3. The van der Waals surface area contributed by atoms with E-state index in [4.69, 9.17) is 18.2 Å². The largest absolute Gasteiger partial charge is 0.339 e. The van der Waals surface area contributed by atoms with Gasteiger partial charge in [0, 0.05) is 6.20 Å². The van der Waals surface area contributed by atoms with Crippen LogP contribution < -0.4 is 5.56 Å². The van der Waals surface area contributed by atoms with Gasteiger partial charge < -0.3 is 9.97 Å². The second kappa shape index (κ2) is 4.51. The summed E-state index contributed by atoms with van der Waals surface area (Å²) in [6, 6.07) is 5.07. The minimum Gasteiger partial charge on any atom is -0.339 e. The molecule has 0 aliphatic heterocycles. The Morgan fingerprint density at radius 2 is 2.20 bits per heavy atom. The van der Waals surface area contributed by atoms with Crippen LogP contribution in [0, 0.1) is 13.5 Å². The third-order valence-corrected chi connectivity index (χ3v) is 3.35. The van der Waals surface area contributed by atoms with Gasteiger partial charge in [-0.05, 0) is 24.6 Å². The molecule has 0 saturated carbocycles. The first kappa shape index (κ1) is 12.5. The molecule has 5 nitrogen and oxygen atoms in total. The predicted molar refractivity (Wildman–Crippen MR) is 78.2 cm³/mol. The number of aromatic nitrogens is 3. The summed E-state index contributed by atoms with van der Waals surface area (Å²) < 4.78 is 0. The first-order valence-corrected chi connectivity index (χ1v) is 6.23. The van der Waals surface area contributed by atoms with Gasteiger partial charge >= 0.3 is 0 Å². The van der Waals surface area contributed by atoms with Crippen LogP contribution in [0.1, 0.15) is 5.56 Å². The van der Waals surface area contributed by atoms with Crippen LogP contribution >= 0.6 is 11.6 Å². The molecule has 2 aromatic heterocycles. The number of imidazole rings is 1. The molecule has 0 bridgehead atoms. The zero-order valence-electron chi connectivity index (χ0n) is 10.5. The van der Waals surface area contributed by atoms with Gasteiger partial charge in [0.1, 0.15) is 11.4 Å². The van der Waals surface area contributed by atoms with Crippen molar-refractivity contribution in [2.24, 2.45) is 0 Å². The maximum Gasteiger partial charge on any atom is 0.260 e. The van der Waals surface area contributed by atoms with Crippen molar-refractivity contribution in [3.63, 3.8) is 0 Å². The number of nitrogens with one attached hydrogen (secondary N) is 2. The molecule has 3 rings (SSSR count). The zero-order chi connectivity index (χ0) is 14.3. The first-order chi connectivity index (χ1) is 9.60. The maximum atomic E-state index is 11.9. The van der Waals surface area contributed by atoms with Gasteiger partial charge in [0.2, 0.25) is 0 Å². The Kier molecular flexibility index (Phi) is 2.81. The van der Waals surface area contributed by atoms with Crippen molar-refractivity contribution in [1.82, 2.24) is 15.0 Å². The van der Waals surface area contributed by atoms with Gasteiger partial charge in [-0.3, -0.25) is 4.79 Å². The Bertz CT molecular complexity index is 917. The molecule has 6 heteroatoms. The fourth-order valence-electron chi connectivity index (χ4n) is 2.13. The second-order valence-corrected chi connectivity index (χ2v) is 4.79. The van der Waals surface area contributed by atoms with E-state index in [1.165, 1.54) is 6.20 Å². The summed E-state index contributed by atoms with van der Waals surface area (Å²) in [5.74, 6) is 0.400. The molecule has 0 aliphatic carbocycles. The molecule has 0 aliphatic rings. The molecule has 0 amide bonds. The molecule has 0 unspecified atom stereocenters. The molecule has 98 valence electrons. The van der Waals surface area contributed by atoms with Gasteiger partial charge in [-0.15, -0.1) is 0 Å². The number of H-pyrrole nitrogens is 2. The molecule has 2 N–H and O–H groups in total. The van der Waals surface area contributed by atoms with E-state index in [9.17, 15) is 4.79 Å². The fourth-order valence-corrected chi connectivity index (χ4v) is 2.37. The number of halogens is 1. The number of rotatable bonds is 1. The molecule has 0 radical (unpaired) electrons. The number of benzene rings is 1. The van der Waals surface area contributed by atoms with Crippen molar-refractivity contribution in [2.75, 3.05) is 0 Å². The SMILES string of the molecule is [C-]#[N+]c1cc(C)c2nc(-c3c(Cl)cc[nH]c3=O)[nH]c2c1. The summed E-state index contributed by atoms with van der Waals surface area (Å²) in [6.45, 7) is 8.94. The standard InChI is InChI=1S/C14H9ClN4O/c1-7-5-8(16-2)6-10-12(7)19-13(18-10)11-9(15)3-4-17-14(11)20/h3-6H,1H3,(H,17,20)(H,18,19). The first-order valence-electron chi connectivity index (χ1n) is 5.85. The molecule has 0 atom stereocenters. The van der Waals surface area contributed by atoms with E-state index in [0.717, 1.165) is 11.1 Å². The summed E-state index contributed by atoms with van der Waals surface area (Å²) in [5, 5.41) is 0.330. The number of nitrogens with zero attached hydrogens (tertiary/aromatic N) is 2. The Labute approximate surface area is 119 Å². The molecule has 0 fully saturated rings. The summed E-state index contributed by atoms with van der Waals surface area (Å²) in [5.41, 5.74) is 2.84. The van der Waals surface area contributed by atoms with Gasteiger partial charge in [-0.2, -0.15) is 0 Å². The van der Waals surface area contributed by atoms with E-state index in [1.807, 2.05) is 6.92 Å². The molecule has 3 aromatic rings. The van der Waals surface area contributed by atoms with E-state index in [0.29, 0.717) is 27.6 Å². The van der Waals surface area contributed by atoms with Gasteiger partial charge in [0.25, 0.3) is 5.56 Å². The number of aryl methyl sites for hydroxylation is 1. The number of aromatic amines is 2. The Morgan fingerprint density at radius 1 is 1.40 bits per heavy atom. The molecular formula is C14H9ClN4O. The summed E-state index contributed by atoms with van der Waals surface area (Å²) >= 11 is 6.06. The van der Waals surface area contributed by atoms with Crippen molar-refractivity contribution < 1.29 is 0 Å². The highest BCUT2D eigenvalue weighted by molar-refractivity contribution is 6.33. The lowest BCUT2D eigenvalue weighted by Crippen LogP contribution is -2.08. The number of hydrogen-bond acceptors (Lipinski definition) is 2. The molecule has 20 heavy (non-hydrogen) atoms. The number of hydrogen-bond donors (Lipinski definition) is 2. The van der Waals surface area contributed by atoms with Gasteiger partial charge in [0.15, 0.2) is 5.69 Å². The summed E-state index contributed by atoms with van der Waals surface area (Å²) in [7, 11) is 0. The average molecular weight is 285 g/mol. The lowest BCUT2D eigenvalue weighted by atomic mass is 10.2. The van der Waals surface area contributed by atoms with Gasteiger partial charge in [-0.1, -0.05) is 17.7 Å². The van der Waals surface area contributed by atoms with E-state index < -0.39 is 0 Å². The Morgan fingerprint density at radius 3 is 2.90 bits per heavy atom. The van der Waals surface area contributed by atoms with Gasteiger partial charge in [-0.25, -0.2) is 9.83 Å². The van der Waals surface area contributed by atoms with Crippen molar-refractivity contribution in [3.8, 4) is 11.4 Å². The average Bonchev–Trinajstić information content (AvgIpc) is 2.82. The van der Waals surface area contributed by atoms with Crippen LogP contribution in [0.5, 0.6) is 0 Å². The van der Waals surface area contributed by atoms with Crippen molar-refractivity contribution >= 4 is 28.3 Å². The molecular weight excluding hydrogens is 276 g/mol. The maximum absolute atomic E-state index is 11.9. The highest BCUT2D eigenvalue weighted by Crippen LogP contribution is 2.28. The van der Waals surface area contributed by atoms with E-state index >= 15 is 0 Å². The van der Waals surface area contributed by atoms with Crippen molar-refractivity contribution in [2.45, 2.75) is 6.92 Å².